The molecule has 0 saturated carbocycles. The van der Waals surface area contributed by atoms with Crippen LogP contribution in [0.25, 0.3) is 0 Å². The standard InChI is InChI=1S/C11H13IO4/c1-3-15-10(13)7-16-11-8(12)5-4-6-9(11)14-2/h4-6H,3,7H2,1-2H3. The summed E-state index contributed by atoms with van der Waals surface area (Å²) >= 11 is 2.12. The Kier molecular flexibility index (Phi) is 5.37. The Balaban J connectivity index is 2.69. The van der Waals surface area contributed by atoms with E-state index in [1.54, 1.807) is 20.1 Å². The van der Waals surface area contributed by atoms with Gasteiger partial charge in [-0.25, -0.2) is 4.79 Å². The number of carbonyl (C=O) groups is 1. The fourth-order valence-electron chi connectivity index (χ4n) is 1.12. The minimum absolute atomic E-state index is 0.107. The van der Waals surface area contributed by atoms with Crippen molar-refractivity contribution in [1.82, 2.24) is 0 Å². The van der Waals surface area contributed by atoms with E-state index in [0.717, 1.165) is 3.57 Å². The number of carbonyl (C=O) groups excluding carboxylic acids is 1. The second-order valence-corrected chi connectivity index (χ2v) is 4.03. The molecular formula is C11H13IO4. The van der Waals surface area contributed by atoms with Crippen molar-refractivity contribution in [3.63, 3.8) is 0 Å². The monoisotopic (exact) mass is 336 g/mol. The fourth-order valence-corrected chi connectivity index (χ4v) is 1.75. The molecule has 0 N–H and O–H groups in total. The van der Waals surface area contributed by atoms with Gasteiger partial charge in [0.15, 0.2) is 18.1 Å². The Bertz CT molecular complexity index is 365. The molecule has 4 nitrogen and oxygen atoms in total. The Hall–Kier alpha value is -0.980. The number of ether oxygens (including phenoxy) is 3. The molecule has 1 aromatic carbocycles. The average molecular weight is 336 g/mol. The summed E-state index contributed by atoms with van der Waals surface area (Å²) in [5.74, 6) is 0.791. The highest BCUT2D eigenvalue weighted by molar-refractivity contribution is 14.1. The van der Waals surface area contributed by atoms with Crippen molar-refractivity contribution >= 4 is 28.6 Å². The van der Waals surface area contributed by atoms with Crippen LogP contribution in [0.5, 0.6) is 11.5 Å². The predicted octanol–water partition coefficient (Wildman–Crippen LogP) is 2.24. The SMILES string of the molecule is CCOC(=O)COc1c(I)cccc1OC. The van der Waals surface area contributed by atoms with Crippen LogP contribution in [0.1, 0.15) is 6.92 Å². The van der Waals surface area contributed by atoms with E-state index in [1.807, 2.05) is 12.1 Å². The summed E-state index contributed by atoms with van der Waals surface area (Å²) in [6.45, 7) is 2.00. The van der Waals surface area contributed by atoms with E-state index >= 15 is 0 Å². The number of benzene rings is 1. The van der Waals surface area contributed by atoms with Crippen LogP contribution in [-0.2, 0) is 9.53 Å². The van der Waals surface area contributed by atoms with Gasteiger partial charge in [0.2, 0.25) is 0 Å². The third kappa shape index (κ3) is 3.55. The van der Waals surface area contributed by atoms with Crippen molar-refractivity contribution in [1.29, 1.82) is 0 Å². The van der Waals surface area contributed by atoms with E-state index in [0.29, 0.717) is 18.1 Å². The van der Waals surface area contributed by atoms with Crippen LogP contribution in [-0.4, -0.2) is 26.3 Å². The first-order valence-corrected chi connectivity index (χ1v) is 5.87. The van der Waals surface area contributed by atoms with E-state index in [-0.39, 0.29) is 12.6 Å². The molecule has 1 rings (SSSR count). The number of methoxy groups -OCH3 is 1. The topological polar surface area (TPSA) is 44.8 Å². The lowest BCUT2D eigenvalue weighted by molar-refractivity contribution is -0.145. The van der Waals surface area contributed by atoms with Gasteiger partial charge in [0.05, 0.1) is 17.3 Å². The van der Waals surface area contributed by atoms with Crippen LogP contribution in [0.15, 0.2) is 18.2 Å². The Morgan fingerprint density at radius 1 is 1.44 bits per heavy atom. The molecular weight excluding hydrogens is 323 g/mol. The summed E-state index contributed by atoms with van der Waals surface area (Å²) in [5, 5.41) is 0. The quantitative estimate of drug-likeness (QED) is 0.611. The average Bonchev–Trinajstić information content (AvgIpc) is 2.27. The first-order valence-electron chi connectivity index (χ1n) is 4.80. The summed E-state index contributed by atoms with van der Waals surface area (Å²) in [5.41, 5.74) is 0. The molecule has 1 aromatic rings. The Morgan fingerprint density at radius 3 is 2.81 bits per heavy atom. The molecule has 0 aliphatic heterocycles. The lowest BCUT2D eigenvalue weighted by Crippen LogP contribution is -2.15. The highest BCUT2D eigenvalue weighted by Crippen LogP contribution is 2.31. The number of para-hydroxylation sites is 1. The molecule has 0 aliphatic rings. The lowest BCUT2D eigenvalue weighted by atomic mass is 10.3. The van der Waals surface area contributed by atoms with Gasteiger partial charge in [-0.3, -0.25) is 0 Å². The van der Waals surface area contributed by atoms with Crippen LogP contribution in [0.2, 0.25) is 0 Å². The molecule has 0 unspecified atom stereocenters. The molecule has 0 aliphatic carbocycles. The van der Waals surface area contributed by atoms with E-state index in [9.17, 15) is 4.79 Å². The second kappa shape index (κ2) is 6.57. The van der Waals surface area contributed by atoms with Crippen LogP contribution in [0.4, 0.5) is 0 Å². The van der Waals surface area contributed by atoms with Gasteiger partial charge in [-0.05, 0) is 41.6 Å². The third-order valence-corrected chi connectivity index (χ3v) is 2.64. The summed E-state index contributed by atoms with van der Waals surface area (Å²) in [6, 6.07) is 5.52. The van der Waals surface area contributed by atoms with E-state index < -0.39 is 0 Å². The maximum absolute atomic E-state index is 11.1. The molecule has 5 heteroatoms. The second-order valence-electron chi connectivity index (χ2n) is 2.86. The maximum atomic E-state index is 11.1. The molecule has 0 heterocycles. The molecule has 0 fully saturated rings. The highest BCUT2D eigenvalue weighted by Gasteiger charge is 2.10. The molecule has 0 spiro atoms. The smallest absolute Gasteiger partial charge is 0.344 e. The predicted molar refractivity (Wildman–Crippen MR) is 67.8 cm³/mol. The normalized spacial score (nSPS) is 9.69. The number of esters is 1. The molecule has 16 heavy (non-hydrogen) atoms. The highest BCUT2D eigenvalue weighted by atomic mass is 127. The first-order chi connectivity index (χ1) is 7.69. The zero-order valence-electron chi connectivity index (χ0n) is 9.16. The maximum Gasteiger partial charge on any atom is 0.344 e. The summed E-state index contributed by atoms with van der Waals surface area (Å²) in [7, 11) is 1.56. The van der Waals surface area contributed by atoms with Crippen molar-refractivity contribution in [2.24, 2.45) is 0 Å². The molecule has 0 amide bonds. The van der Waals surface area contributed by atoms with Crippen molar-refractivity contribution in [3.05, 3.63) is 21.8 Å². The van der Waals surface area contributed by atoms with Gasteiger partial charge in [0.1, 0.15) is 0 Å². The number of hydrogen-bond donors (Lipinski definition) is 0. The van der Waals surface area contributed by atoms with E-state index in [2.05, 4.69) is 22.6 Å². The van der Waals surface area contributed by atoms with Gasteiger partial charge in [-0.2, -0.15) is 0 Å². The zero-order valence-corrected chi connectivity index (χ0v) is 11.3. The molecule has 0 atom stereocenters. The summed E-state index contributed by atoms with van der Waals surface area (Å²) in [6.07, 6.45) is 0. The largest absolute Gasteiger partial charge is 0.493 e. The van der Waals surface area contributed by atoms with Gasteiger partial charge in [0, 0.05) is 0 Å². The van der Waals surface area contributed by atoms with Gasteiger partial charge in [-0.1, -0.05) is 6.07 Å². The minimum atomic E-state index is -0.385. The van der Waals surface area contributed by atoms with Crippen LogP contribution >= 0.6 is 22.6 Å². The van der Waals surface area contributed by atoms with Gasteiger partial charge >= 0.3 is 5.97 Å². The van der Waals surface area contributed by atoms with Crippen molar-refractivity contribution in [3.8, 4) is 11.5 Å². The minimum Gasteiger partial charge on any atom is -0.493 e. The van der Waals surface area contributed by atoms with Crippen molar-refractivity contribution in [2.75, 3.05) is 20.3 Å². The third-order valence-electron chi connectivity index (χ3n) is 1.79. The Morgan fingerprint density at radius 2 is 2.19 bits per heavy atom. The Labute approximate surface area is 108 Å². The molecule has 0 bridgehead atoms. The zero-order chi connectivity index (χ0) is 12.0. The van der Waals surface area contributed by atoms with Crippen LogP contribution in [0.3, 0.4) is 0 Å². The van der Waals surface area contributed by atoms with Crippen molar-refractivity contribution in [2.45, 2.75) is 6.92 Å². The fraction of sp³-hybridized carbons (Fsp3) is 0.364. The number of halogens is 1. The lowest BCUT2D eigenvalue weighted by Gasteiger charge is -2.11. The first kappa shape index (κ1) is 13.1. The van der Waals surface area contributed by atoms with Crippen molar-refractivity contribution < 1.29 is 19.0 Å². The molecule has 0 saturated heterocycles. The van der Waals surface area contributed by atoms with Gasteiger partial charge < -0.3 is 14.2 Å². The van der Waals surface area contributed by atoms with Gasteiger partial charge in [0.25, 0.3) is 0 Å². The van der Waals surface area contributed by atoms with Crippen LogP contribution in [0, 0.1) is 3.57 Å². The number of hydrogen-bond acceptors (Lipinski definition) is 4. The summed E-state index contributed by atoms with van der Waals surface area (Å²) in [4.78, 5) is 11.1. The molecule has 0 aromatic heterocycles. The van der Waals surface area contributed by atoms with Gasteiger partial charge in [-0.15, -0.1) is 0 Å². The number of rotatable bonds is 5. The molecule has 88 valence electrons. The summed E-state index contributed by atoms with van der Waals surface area (Å²) < 4.78 is 16.2. The van der Waals surface area contributed by atoms with E-state index in [4.69, 9.17) is 14.2 Å². The van der Waals surface area contributed by atoms with E-state index in [1.165, 1.54) is 0 Å². The van der Waals surface area contributed by atoms with Crippen LogP contribution < -0.4 is 9.47 Å². The molecule has 0 radical (unpaired) electrons.